The molecule has 0 aliphatic heterocycles. The lowest BCUT2D eigenvalue weighted by Crippen LogP contribution is -2.20. The van der Waals surface area contributed by atoms with Crippen LogP contribution in [0.2, 0.25) is 0 Å². The zero-order valence-corrected chi connectivity index (χ0v) is 8.55. The average molecular weight is 205 g/mol. The van der Waals surface area contributed by atoms with Crippen molar-refractivity contribution in [2.24, 2.45) is 11.8 Å². The van der Waals surface area contributed by atoms with Crippen molar-refractivity contribution in [3.05, 3.63) is 12.7 Å². The van der Waals surface area contributed by atoms with Crippen LogP contribution in [0.1, 0.15) is 32.1 Å². The van der Waals surface area contributed by atoms with Gasteiger partial charge in [-0.3, -0.25) is 4.79 Å². The Morgan fingerprint density at radius 3 is 2.31 bits per heavy atom. The van der Waals surface area contributed by atoms with E-state index in [1.165, 1.54) is 0 Å². The number of carboxylic acids is 1. The Morgan fingerprint density at radius 2 is 1.92 bits per heavy atom. The zero-order chi connectivity index (χ0) is 8.97. The van der Waals surface area contributed by atoms with Crippen LogP contribution in [0.25, 0.3) is 0 Å². The number of allylic oxidation sites excluding steroid dienone is 1. The van der Waals surface area contributed by atoms with Gasteiger partial charge in [-0.1, -0.05) is 6.08 Å². The zero-order valence-electron chi connectivity index (χ0n) is 7.74. The van der Waals surface area contributed by atoms with Crippen LogP contribution in [0, 0.1) is 11.8 Å². The van der Waals surface area contributed by atoms with Crippen LogP contribution in [0.15, 0.2) is 12.7 Å². The van der Waals surface area contributed by atoms with E-state index in [9.17, 15) is 4.79 Å². The van der Waals surface area contributed by atoms with Gasteiger partial charge in [-0.05, 0) is 38.0 Å². The SMILES string of the molecule is C=CCC1CCC(C(=O)O)CC1.Cl. The first-order valence-corrected chi connectivity index (χ1v) is 4.57. The van der Waals surface area contributed by atoms with E-state index in [4.69, 9.17) is 5.11 Å². The van der Waals surface area contributed by atoms with Gasteiger partial charge in [0, 0.05) is 0 Å². The van der Waals surface area contributed by atoms with Crippen LogP contribution in [0.5, 0.6) is 0 Å². The van der Waals surface area contributed by atoms with Crippen LogP contribution in [-0.2, 0) is 4.79 Å². The fourth-order valence-electron chi connectivity index (χ4n) is 1.88. The second kappa shape index (κ2) is 6.03. The Balaban J connectivity index is 0.00000144. The van der Waals surface area contributed by atoms with Crippen molar-refractivity contribution in [3.8, 4) is 0 Å². The third kappa shape index (κ3) is 3.81. The van der Waals surface area contributed by atoms with Crippen molar-refractivity contribution < 1.29 is 9.90 Å². The maximum atomic E-state index is 10.6. The number of carboxylic acid groups (broad SMARTS) is 1. The molecule has 0 bridgehead atoms. The van der Waals surface area contributed by atoms with Gasteiger partial charge in [0.15, 0.2) is 0 Å². The smallest absolute Gasteiger partial charge is 0.306 e. The van der Waals surface area contributed by atoms with Gasteiger partial charge in [-0.15, -0.1) is 19.0 Å². The van der Waals surface area contributed by atoms with Crippen molar-refractivity contribution in [1.29, 1.82) is 0 Å². The molecule has 0 spiro atoms. The molecule has 1 saturated carbocycles. The van der Waals surface area contributed by atoms with E-state index in [1.54, 1.807) is 0 Å². The third-order valence-corrected chi connectivity index (χ3v) is 2.70. The van der Waals surface area contributed by atoms with Crippen molar-refractivity contribution in [2.45, 2.75) is 32.1 Å². The quantitative estimate of drug-likeness (QED) is 0.718. The first-order valence-electron chi connectivity index (χ1n) is 4.57. The minimum Gasteiger partial charge on any atom is -0.481 e. The molecular formula is C10H17ClO2. The summed E-state index contributed by atoms with van der Waals surface area (Å²) in [5.74, 6) is -0.00350. The highest BCUT2D eigenvalue weighted by Crippen LogP contribution is 2.30. The molecule has 0 amide bonds. The van der Waals surface area contributed by atoms with Gasteiger partial charge in [0.25, 0.3) is 0 Å². The maximum absolute atomic E-state index is 10.6. The predicted molar refractivity (Wildman–Crippen MR) is 55.1 cm³/mol. The summed E-state index contributed by atoms with van der Waals surface area (Å²) in [5.41, 5.74) is 0. The summed E-state index contributed by atoms with van der Waals surface area (Å²) < 4.78 is 0. The topological polar surface area (TPSA) is 37.3 Å². The summed E-state index contributed by atoms with van der Waals surface area (Å²) in [6.45, 7) is 3.69. The summed E-state index contributed by atoms with van der Waals surface area (Å²) in [7, 11) is 0. The molecular weight excluding hydrogens is 188 g/mol. The van der Waals surface area contributed by atoms with Crippen molar-refractivity contribution in [1.82, 2.24) is 0 Å². The van der Waals surface area contributed by atoms with Crippen LogP contribution >= 0.6 is 12.4 Å². The summed E-state index contributed by atoms with van der Waals surface area (Å²) in [5, 5.41) is 8.73. The second-order valence-electron chi connectivity index (χ2n) is 3.58. The van der Waals surface area contributed by atoms with E-state index in [0.29, 0.717) is 5.92 Å². The van der Waals surface area contributed by atoms with Crippen molar-refractivity contribution >= 4 is 18.4 Å². The number of rotatable bonds is 3. The molecule has 0 atom stereocenters. The molecule has 1 fully saturated rings. The molecule has 1 aliphatic rings. The number of hydrogen-bond donors (Lipinski definition) is 1. The molecule has 3 heteroatoms. The van der Waals surface area contributed by atoms with Crippen LogP contribution < -0.4 is 0 Å². The van der Waals surface area contributed by atoms with Gasteiger partial charge in [-0.25, -0.2) is 0 Å². The molecule has 2 nitrogen and oxygen atoms in total. The molecule has 1 N–H and O–H groups in total. The number of carbonyl (C=O) groups is 1. The van der Waals surface area contributed by atoms with E-state index in [2.05, 4.69) is 6.58 Å². The Bertz CT molecular complexity index is 172. The summed E-state index contributed by atoms with van der Waals surface area (Å²) in [6.07, 6.45) is 6.81. The maximum Gasteiger partial charge on any atom is 0.306 e. The predicted octanol–water partition coefficient (Wildman–Crippen LogP) is 2.88. The molecule has 13 heavy (non-hydrogen) atoms. The third-order valence-electron chi connectivity index (χ3n) is 2.70. The molecule has 76 valence electrons. The highest BCUT2D eigenvalue weighted by molar-refractivity contribution is 5.85. The lowest BCUT2D eigenvalue weighted by atomic mass is 9.81. The summed E-state index contributed by atoms with van der Waals surface area (Å²) in [4.78, 5) is 10.6. The Hall–Kier alpha value is -0.500. The normalized spacial score (nSPS) is 27.4. The van der Waals surface area contributed by atoms with Gasteiger partial charge in [0.1, 0.15) is 0 Å². The lowest BCUT2D eigenvalue weighted by molar-refractivity contribution is -0.143. The van der Waals surface area contributed by atoms with Crippen molar-refractivity contribution in [3.63, 3.8) is 0 Å². The molecule has 0 radical (unpaired) electrons. The first-order chi connectivity index (χ1) is 5.74. The highest BCUT2D eigenvalue weighted by Gasteiger charge is 2.24. The fourth-order valence-corrected chi connectivity index (χ4v) is 1.88. The molecule has 0 saturated heterocycles. The molecule has 0 unspecified atom stereocenters. The van der Waals surface area contributed by atoms with Gasteiger partial charge in [-0.2, -0.15) is 0 Å². The van der Waals surface area contributed by atoms with E-state index in [1.807, 2.05) is 6.08 Å². The monoisotopic (exact) mass is 204 g/mol. The van der Waals surface area contributed by atoms with Gasteiger partial charge >= 0.3 is 5.97 Å². The van der Waals surface area contributed by atoms with E-state index >= 15 is 0 Å². The minimum absolute atomic E-state index is 0. The average Bonchev–Trinajstić information content (AvgIpc) is 2.06. The second-order valence-corrected chi connectivity index (χ2v) is 3.58. The van der Waals surface area contributed by atoms with E-state index in [0.717, 1.165) is 32.1 Å². The standard InChI is InChI=1S/C10H16O2.ClH/c1-2-3-8-4-6-9(7-5-8)10(11)12;/h2,8-9H,1,3-7H2,(H,11,12);1H. The number of hydrogen-bond acceptors (Lipinski definition) is 1. The van der Waals surface area contributed by atoms with Gasteiger partial charge in [0.2, 0.25) is 0 Å². The molecule has 0 heterocycles. The fraction of sp³-hybridized carbons (Fsp3) is 0.700. The molecule has 0 aromatic carbocycles. The summed E-state index contributed by atoms with van der Waals surface area (Å²) in [6, 6.07) is 0. The Labute approximate surface area is 85.4 Å². The van der Waals surface area contributed by atoms with E-state index < -0.39 is 5.97 Å². The minimum atomic E-state index is -0.618. The van der Waals surface area contributed by atoms with Crippen LogP contribution in [0.4, 0.5) is 0 Å². The lowest BCUT2D eigenvalue weighted by Gasteiger charge is -2.24. The first kappa shape index (κ1) is 12.5. The Kier molecular flexibility index (Phi) is 5.80. The van der Waals surface area contributed by atoms with Gasteiger partial charge < -0.3 is 5.11 Å². The van der Waals surface area contributed by atoms with Crippen LogP contribution in [-0.4, -0.2) is 11.1 Å². The molecule has 0 aromatic rings. The molecule has 0 aromatic heterocycles. The van der Waals surface area contributed by atoms with Crippen LogP contribution in [0.3, 0.4) is 0 Å². The molecule has 1 rings (SSSR count). The number of aliphatic carboxylic acids is 1. The Morgan fingerprint density at radius 1 is 1.38 bits per heavy atom. The molecule has 1 aliphatic carbocycles. The van der Waals surface area contributed by atoms with Gasteiger partial charge in [0.05, 0.1) is 5.92 Å². The number of halogens is 1. The van der Waals surface area contributed by atoms with E-state index in [-0.39, 0.29) is 18.3 Å². The largest absolute Gasteiger partial charge is 0.481 e. The summed E-state index contributed by atoms with van der Waals surface area (Å²) >= 11 is 0. The van der Waals surface area contributed by atoms with Crippen molar-refractivity contribution in [2.75, 3.05) is 0 Å². The highest BCUT2D eigenvalue weighted by atomic mass is 35.5.